The minimum absolute atomic E-state index is 0.0386. The van der Waals surface area contributed by atoms with Crippen molar-refractivity contribution in [1.29, 1.82) is 0 Å². The van der Waals surface area contributed by atoms with Crippen molar-refractivity contribution in [3.63, 3.8) is 0 Å². The smallest absolute Gasteiger partial charge is 0.326 e. The Hall–Kier alpha value is -3.97. The number of halogens is 1. The lowest BCUT2D eigenvalue weighted by molar-refractivity contribution is 0.0967. The molecule has 0 aliphatic carbocycles. The van der Waals surface area contributed by atoms with Gasteiger partial charge in [0, 0.05) is 5.56 Å². The molecule has 4 aromatic rings. The molecule has 0 aliphatic rings. The van der Waals surface area contributed by atoms with Crippen molar-refractivity contribution in [2.45, 2.75) is 26.2 Å². The minimum atomic E-state index is -0.713. The van der Waals surface area contributed by atoms with Crippen molar-refractivity contribution in [3.05, 3.63) is 88.9 Å². The standard InChI is InChI=1S/C26H23ClN4O3/c1-26(2,3)17-14-12-16(13-15-17)23-30-31-24(34-23)19-9-5-7-11-21(19)28-25(33)29-22(32)18-8-4-6-10-20(18)27/h4-15H,1-3H3,(H2,28,29,32,33). The zero-order valence-corrected chi connectivity index (χ0v) is 19.7. The molecule has 3 aromatic carbocycles. The molecule has 0 fully saturated rings. The monoisotopic (exact) mass is 474 g/mol. The van der Waals surface area contributed by atoms with Gasteiger partial charge >= 0.3 is 6.03 Å². The lowest BCUT2D eigenvalue weighted by Gasteiger charge is -2.18. The van der Waals surface area contributed by atoms with Crippen LogP contribution in [0.15, 0.2) is 77.2 Å². The molecule has 172 valence electrons. The van der Waals surface area contributed by atoms with Crippen molar-refractivity contribution in [2.75, 3.05) is 5.32 Å². The number of imide groups is 1. The fourth-order valence-corrected chi connectivity index (χ4v) is 3.53. The molecule has 7 nitrogen and oxygen atoms in total. The number of rotatable bonds is 4. The van der Waals surface area contributed by atoms with E-state index in [2.05, 4.69) is 41.6 Å². The Labute approximate surface area is 202 Å². The number of aromatic nitrogens is 2. The Morgan fingerprint density at radius 1 is 0.853 bits per heavy atom. The SMILES string of the molecule is CC(C)(C)c1ccc(-c2nnc(-c3ccccc3NC(=O)NC(=O)c3ccccc3Cl)o2)cc1. The Morgan fingerprint density at radius 2 is 1.50 bits per heavy atom. The van der Waals surface area contributed by atoms with Gasteiger partial charge in [-0.1, -0.05) is 68.8 Å². The van der Waals surface area contributed by atoms with Crippen LogP contribution >= 0.6 is 11.6 Å². The van der Waals surface area contributed by atoms with Gasteiger partial charge < -0.3 is 9.73 Å². The molecule has 0 spiro atoms. The fourth-order valence-electron chi connectivity index (χ4n) is 3.31. The number of amides is 3. The van der Waals surface area contributed by atoms with E-state index in [-0.39, 0.29) is 21.9 Å². The van der Waals surface area contributed by atoms with Crippen molar-refractivity contribution in [1.82, 2.24) is 15.5 Å². The van der Waals surface area contributed by atoms with E-state index in [0.717, 1.165) is 5.56 Å². The van der Waals surface area contributed by atoms with Gasteiger partial charge in [0.15, 0.2) is 0 Å². The van der Waals surface area contributed by atoms with E-state index in [1.54, 1.807) is 42.5 Å². The van der Waals surface area contributed by atoms with Crippen molar-refractivity contribution in [3.8, 4) is 22.9 Å². The summed E-state index contributed by atoms with van der Waals surface area (Å²) in [6, 6.07) is 20.7. The summed E-state index contributed by atoms with van der Waals surface area (Å²) in [7, 11) is 0. The number of carbonyl (C=O) groups excluding carboxylic acids is 2. The molecule has 3 amide bonds. The maximum absolute atomic E-state index is 12.5. The lowest BCUT2D eigenvalue weighted by Crippen LogP contribution is -2.34. The summed E-state index contributed by atoms with van der Waals surface area (Å²) in [5.74, 6) is -0.00815. The summed E-state index contributed by atoms with van der Waals surface area (Å²) in [6.07, 6.45) is 0. The van der Waals surface area contributed by atoms with Crippen LogP contribution in [0.5, 0.6) is 0 Å². The number of hydrogen-bond acceptors (Lipinski definition) is 5. The number of benzene rings is 3. The number of hydrogen-bond donors (Lipinski definition) is 2. The maximum atomic E-state index is 12.5. The number of anilines is 1. The summed E-state index contributed by atoms with van der Waals surface area (Å²) in [6.45, 7) is 6.44. The van der Waals surface area contributed by atoms with Crippen LogP contribution in [-0.4, -0.2) is 22.1 Å². The van der Waals surface area contributed by atoms with E-state index in [4.69, 9.17) is 16.0 Å². The molecule has 0 radical (unpaired) electrons. The Balaban J connectivity index is 1.52. The number of carbonyl (C=O) groups is 2. The number of nitrogens with zero attached hydrogens (tertiary/aromatic N) is 2. The summed E-state index contributed by atoms with van der Waals surface area (Å²) in [4.78, 5) is 24.8. The minimum Gasteiger partial charge on any atom is -0.416 e. The molecule has 2 N–H and O–H groups in total. The first-order valence-corrected chi connectivity index (χ1v) is 11.0. The topological polar surface area (TPSA) is 97.1 Å². The van der Waals surface area contributed by atoms with Gasteiger partial charge in [0.05, 0.1) is 21.8 Å². The molecule has 1 aromatic heterocycles. The van der Waals surface area contributed by atoms with Crippen LogP contribution in [0.3, 0.4) is 0 Å². The van der Waals surface area contributed by atoms with Gasteiger partial charge in [0.25, 0.3) is 5.91 Å². The van der Waals surface area contributed by atoms with E-state index >= 15 is 0 Å². The van der Waals surface area contributed by atoms with Crippen molar-refractivity contribution in [2.24, 2.45) is 0 Å². The summed E-state index contributed by atoms with van der Waals surface area (Å²) in [5, 5.41) is 13.5. The average molecular weight is 475 g/mol. The number of para-hydroxylation sites is 1. The zero-order chi connectivity index (χ0) is 24.3. The Kier molecular flexibility index (Phi) is 6.47. The molecule has 0 saturated carbocycles. The number of urea groups is 1. The van der Waals surface area contributed by atoms with Crippen LogP contribution in [0.25, 0.3) is 22.9 Å². The fraction of sp³-hybridized carbons (Fsp3) is 0.154. The van der Waals surface area contributed by atoms with Gasteiger partial charge in [-0.15, -0.1) is 10.2 Å². The molecule has 0 atom stereocenters. The predicted molar refractivity (Wildman–Crippen MR) is 132 cm³/mol. The van der Waals surface area contributed by atoms with Crippen LogP contribution in [0, 0.1) is 0 Å². The van der Waals surface area contributed by atoms with Crippen LogP contribution in [0.4, 0.5) is 10.5 Å². The van der Waals surface area contributed by atoms with Gasteiger partial charge in [0.2, 0.25) is 11.8 Å². The molecular formula is C26H23ClN4O3. The van der Waals surface area contributed by atoms with E-state index in [0.29, 0.717) is 17.1 Å². The van der Waals surface area contributed by atoms with E-state index in [1.165, 1.54) is 11.6 Å². The molecule has 0 aliphatic heterocycles. The second-order valence-corrected chi connectivity index (χ2v) is 9.08. The Bertz CT molecular complexity index is 1340. The molecule has 0 saturated heterocycles. The molecule has 0 unspecified atom stereocenters. The highest BCUT2D eigenvalue weighted by Gasteiger charge is 2.18. The van der Waals surface area contributed by atoms with Crippen LogP contribution in [0.1, 0.15) is 36.7 Å². The van der Waals surface area contributed by atoms with Crippen LogP contribution < -0.4 is 10.6 Å². The third kappa shape index (κ3) is 5.15. The molecule has 1 heterocycles. The van der Waals surface area contributed by atoms with Gasteiger partial charge in [-0.05, 0) is 47.4 Å². The normalized spacial score (nSPS) is 11.2. The number of nitrogens with one attached hydrogen (secondary N) is 2. The third-order valence-corrected chi connectivity index (χ3v) is 5.50. The predicted octanol–water partition coefficient (Wildman–Crippen LogP) is 6.32. The molecular weight excluding hydrogens is 452 g/mol. The molecule has 34 heavy (non-hydrogen) atoms. The lowest BCUT2D eigenvalue weighted by atomic mass is 9.87. The second kappa shape index (κ2) is 9.49. The first-order chi connectivity index (χ1) is 16.2. The van der Waals surface area contributed by atoms with Crippen molar-refractivity contribution >= 4 is 29.2 Å². The summed E-state index contributed by atoms with van der Waals surface area (Å²) < 4.78 is 5.89. The first-order valence-electron chi connectivity index (χ1n) is 10.6. The van der Waals surface area contributed by atoms with Crippen molar-refractivity contribution < 1.29 is 14.0 Å². The third-order valence-electron chi connectivity index (χ3n) is 5.17. The quantitative estimate of drug-likeness (QED) is 0.361. The van der Waals surface area contributed by atoms with Gasteiger partial charge in [0.1, 0.15) is 0 Å². The van der Waals surface area contributed by atoms with Gasteiger partial charge in [-0.2, -0.15) is 0 Å². The van der Waals surface area contributed by atoms with Crippen LogP contribution in [0.2, 0.25) is 5.02 Å². The van der Waals surface area contributed by atoms with Gasteiger partial charge in [-0.3, -0.25) is 10.1 Å². The average Bonchev–Trinajstić information content (AvgIpc) is 3.29. The molecule has 4 rings (SSSR count). The maximum Gasteiger partial charge on any atom is 0.326 e. The van der Waals surface area contributed by atoms with Crippen LogP contribution in [-0.2, 0) is 5.41 Å². The van der Waals surface area contributed by atoms with E-state index < -0.39 is 11.9 Å². The van der Waals surface area contributed by atoms with Gasteiger partial charge in [-0.25, -0.2) is 4.79 Å². The second-order valence-electron chi connectivity index (χ2n) is 8.67. The highest BCUT2D eigenvalue weighted by Crippen LogP contribution is 2.30. The highest BCUT2D eigenvalue weighted by atomic mass is 35.5. The molecule has 8 heteroatoms. The zero-order valence-electron chi connectivity index (χ0n) is 18.9. The largest absolute Gasteiger partial charge is 0.416 e. The molecule has 0 bridgehead atoms. The first kappa shape index (κ1) is 23.2. The highest BCUT2D eigenvalue weighted by molar-refractivity contribution is 6.34. The van der Waals surface area contributed by atoms with E-state index in [9.17, 15) is 9.59 Å². The summed E-state index contributed by atoms with van der Waals surface area (Å²) in [5.41, 5.74) is 3.16. The summed E-state index contributed by atoms with van der Waals surface area (Å²) >= 11 is 6.03. The van der Waals surface area contributed by atoms with E-state index in [1.807, 2.05) is 24.3 Å². The Morgan fingerprint density at radius 3 is 2.21 bits per heavy atom.